The second-order valence-electron chi connectivity index (χ2n) is 7.98. The van der Waals surface area contributed by atoms with E-state index in [0.29, 0.717) is 32.7 Å². The highest BCUT2D eigenvalue weighted by Crippen LogP contribution is 2.45. The Morgan fingerprint density at radius 1 is 1.15 bits per heavy atom. The fourth-order valence-electron chi connectivity index (χ4n) is 4.44. The number of carboxylic acid groups (broad SMARTS) is 1. The molecule has 27 heavy (non-hydrogen) atoms. The van der Waals surface area contributed by atoms with Crippen molar-refractivity contribution in [1.82, 2.24) is 9.80 Å². The van der Waals surface area contributed by atoms with Gasteiger partial charge in [-0.25, -0.2) is 0 Å². The molecule has 1 amide bonds. The number of aliphatic hydroxyl groups excluding tert-OH is 1. The van der Waals surface area contributed by atoms with E-state index in [1.54, 1.807) is 4.90 Å². The third-order valence-electron chi connectivity index (χ3n) is 6.02. The van der Waals surface area contributed by atoms with Gasteiger partial charge in [-0.05, 0) is 30.5 Å². The van der Waals surface area contributed by atoms with Gasteiger partial charge in [-0.3, -0.25) is 14.5 Å². The number of nitrogens with zero attached hydrogens (tertiary/aromatic N) is 2. The molecule has 0 bridgehead atoms. The van der Waals surface area contributed by atoms with Gasteiger partial charge in [0.1, 0.15) is 12.0 Å². The minimum atomic E-state index is -0.836. The Hall–Kier alpha value is -2.36. The number of carbonyl (C=O) groups excluding carboxylic acids is 1. The van der Waals surface area contributed by atoms with Crippen LogP contribution in [0.5, 0.6) is 0 Å². The quantitative estimate of drug-likeness (QED) is 0.768. The molecular formula is C21H24N2O4. The average molecular weight is 368 g/mol. The summed E-state index contributed by atoms with van der Waals surface area (Å²) in [5.74, 6) is 4.99. The molecule has 6 heteroatoms. The van der Waals surface area contributed by atoms with E-state index in [1.807, 2.05) is 24.3 Å². The maximum Gasteiger partial charge on any atom is 0.313 e. The molecule has 1 aliphatic carbocycles. The third kappa shape index (κ3) is 3.45. The third-order valence-corrected chi connectivity index (χ3v) is 6.02. The zero-order chi connectivity index (χ0) is 19.0. The number of likely N-dealkylation sites (tertiary alicyclic amines) is 2. The Labute approximate surface area is 158 Å². The Bertz CT molecular complexity index is 806. The number of fused-ring (bicyclic) bond motifs is 1. The lowest BCUT2D eigenvalue weighted by Crippen LogP contribution is -2.42. The molecular weight excluding hydrogens is 344 g/mol. The van der Waals surface area contributed by atoms with Crippen molar-refractivity contribution in [2.24, 2.45) is 17.3 Å². The molecule has 3 aliphatic rings. The number of hydrogen-bond donors (Lipinski definition) is 2. The van der Waals surface area contributed by atoms with Crippen LogP contribution in [0.4, 0.5) is 0 Å². The molecule has 2 N–H and O–H groups in total. The van der Waals surface area contributed by atoms with Crippen LogP contribution in [0.15, 0.2) is 24.3 Å². The average Bonchev–Trinajstić information content (AvgIpc) is 3.35. The van der Waals surface area contributed by atoms with E-state index in [1.165, 1.54) is 0 Å². The maximum atomic E-state index is 12.4. The molecule has 2 saturated heterocycles. The fraction of sp³-hybridized carbons (Fsp3) is 0.524. The molecule has 6 nitrogen and oxygen atoms in total. The van der Waals surface area contributed by atoms with Crippen LogP contribution in [0.1, 0.15) is 24.0 Å². The summed E-state index contributed by atoms with van der Waals surface area (Å²) in [6, 6.07) is 7.81. The van der Waals surface area contributed by atoms with Gasteiger partial charge in [0.25, 0.3) is 0 Å². The van der Waals surface area contributed by atoms with Crippen molar-refractivity contribution in [3.05, 3.63) is 35.4 Å². The number of aliphatic hydroxyl groups is 1. The van der Waals surface area contributed by atoms with Gasteiger partial charge in [0.2, 0.25) is 5.91 Å². The monoisotopic (exact) mass is 368 g/mol. The molecule has 0 radical (unpaired) electrons. The summed E-state index contributed by atoms with van der Waals surface area (Å²) < 4.78 is 0. The van der Waals surface area contributed by atoms with Crippen LogP contribution in [0.2, 0.25) is 0 Å². The number of rotatable bonds is 4. The topological polar surface area (TPSA) is 81.1 Å². The van der Waals surface area contributed by atoms with Gasteiger partial charge in [0.15, 0.2) is 0 Å². The highest BCUT2D eigenvalue weighted by Gasteiger charge is 2.59. The van der Waals surface area contributed by atoms with Crippen LogP contribution in [0, 0.1) is 29.1 Å². The predicted octanol–water partition coefficient (Wildman–Crippen LogP) is 0.785. The smallest absolute Gasteiger partial charge is 0.313 e. The van der Waals surface area contributed by atoms with E-state index in [2.05, 4.69) is 16.7 Å². The van der Waals surface area contributed by atoms with Crippen molar-refractivity contribution in [2.45, 2.75) is 19.4 Å². The summed E-state index contributed by atoms with van der Waals surface area (Å²) in [6.07, 6.45) is 1.90. The Balaban J connectivity index is 1.42. The van der Waals surface area contributed by atoms with Crippen molar-refractivity contribution in [3.63, 3.8) is 0 Å². The maximum absolute atomic E-state index is 12.4. The number of aliphatic carboxylic acids is 1. The molecule has 1 saturated carbocycles. The predicted molar refractivity (Wildman–Crippen MR) is 98.5 cm³/mol. The zero-order valence-electron chi connectivity index (χ0n) is 15.2. The largest absolute Gasteiger partial charge is 0.481 e. The minimum absolute atomic E-state index is 0.00704. The molecule has 142 valence electrons. The van der Waals surface area contributed by atoms with Gasteiger partial charge in [-0.1, -0.05) is 24.0 Å². The highest BCUT2D eigenvalue weighted by atomic mass is 16.4. The first-order valence-corrected chi connectivity index (χ1v) is 9.45. The van der Waals surface area contributed by atoms with Crippen molar-refractivity contribution in [3.8, 4) is 11.8 Å². The van der Waals surface area contributed by atoms with Gasteiger partial charge < -0.3 is 15.1 Å². The molecule has 2 heterocycles. The SMILES string of the molecule is O=C(C1CC1)N1C[C@H]2CN(Cc3ccc(C#CCO)cc3)C[C@@]2(C(=O)O)C1. The van der Waals surface area contributed by atoms with Crippen molar-refractivity contribution < 1.29 is 19.8 Å². The molecule has 1 aromatic rings. The highest BCUT2D eigenvalue weighted by molar-refractivity contribution is 5.84. The van der Waals surface area contributed by atoms with E-state index in [-0.39, 0.29) is 24.3 Å². The number of benzene rings is 1. The van der Waals surface area contributed by atoms with Crippen molar-refractivity contribution in [1.29, 1.82) is 0 Å². The summed E-state index contributed by atoms with van der Waals surface area (Å²) in [7, 11) is 0. The van der Waals surface area contributed by atoms with Crippen LogP contribution in [0.3, 0.4) is 0 Å². The summed E-state index contributed by atoms with van der Waals surface area (Å²) in [6.45, 7) is 2.62. The second kappa shape index (κ2) is 6.99. The van der Waals surface area contributed by atoms with Crippen molar-refractivity contribution >= 4 is 11.9 Å². The normalized spacial score (nSPS) is 27.1. The van der Waals surface area contributed by atoms with Crippen LogP contribution in [0.25, 0.3) is 0 Å². The molecule has 0 unspecified atom stereocenters. The van der Waals surface area contributed by atoms with Crippen LogP contribution in [-0.4, -0.2) is 64.7 Å². The molecule has 4 rings (SSSR count). The lowest BCUT2D eigenvalue weighted by atomic mass is 9.81. The summed E-state index contributed by atoms with van der Waals surface area (Å²) in [4.78, 5) is 28.5. The summed E-state index contributed by atoms with van der Waals surface area (Å²) >= 11 is 0. The zero-order valence-corrected chi connectivity index (χ0v) is 15.2. The number of carboxylic acids is 1. The van der Waals surface area contributed by atoms with E-state index >= 15 is 0 Å². The minimum Gasteiger partial charge on any atom is -0.481 e. The van der Waals surface area contributed by atoms with Crippen LogP contribution >= 0.6 is 0 Å². The van der Waals surface area contributed by atoms with Gasteiger partial charge >= 0.3 is 5.97 Å². The van der Waals surface area contributed by atoms with Crippen LogP contribution < -0.4 is 0 Å². The Morgan fingerprint density at radius 2 is 1.89 bits per heavy atom. The van der Waals surface area contributed by atoms with E-state index in [9.17, 15) is 14.7 Å². The lowest BCUT2D eigenvalue weighted by molar-refractivity contribution is -0.149. The van der Waals surface area contributed by atoms with Crippen LogP contribution in [-0.2, 0) is 16.1 Å². The Morgan fingerprint density at radius 3 is 2.48 bits per heavy atom. The van der Waals surface area contributed by atoms with E-state index < -0.39 is 11.4 Å². The first-order valence-electron chi connectivity index (χ1n) is 9.45. The molecule has 0 aromatic heterocycles. The van der Waals surface area contributed by atoms with E-state index in [0.717, 1.165) is 24.0 Å². The Kier molecular flexibility index (Phi) is 4.67. The number of carbonyl (C=O) groups is 2. The fourth-order valence-corrected chi connectivity index (χ4v) is 4.44. The second-order valence-corrected chi connectivity index (χ2v) is 7.98. The van der Waals surface area contributed by atoms with Crippen molar-refractivity contribution in [2.75, 3.05) is 32.8 Å². The molecule has 2 aliphatic heterocycles. The number of hydrogen-bond acceptors (Lipinski definition) is 4. The molecule has 1 aromatic carbocycles. The lowest BCUT2D eigenvalue weighted by Gasteiger charge is -2.25. The summed E-state index contributed by atoms with van der Waals surface area (Å²) in [5, 5.41) is 18.7. The first-order chi connectivity index (χ1) is 13.0. The van der Waals surface area contributed by atoms with Gasteiger partial charge in [-0.15, -0.1) is 0 Å². The van der Waals surface area contributed by atoms with E-state index in [4.69, 9.17) is 5.11 Å². The van der Waals surface area contributed by atoms with Gasteiger partial charge in [-0.2, -0.15) is 0 Å². The summed E-state index contributed by atoms with van der Waals surface area (Å²) in [5.41, 5.74) is 1.12. The standard InChI is InChI=1S/C21H24N2O4/c24-9-1-2-15-3-5-16(6-4-15)10-22-11-18-12-23(19(25)17-7-8-17)14-21(18,13-22)20(26)27/h3-6,17-18,24H,7-14H2,(H,26,27)/t18-,21-/m1/s1. The van der Waals surface area contributed by atoms with Gasteiger partial charge in [0.05, 0.1) is 0 Å². The molecule has 2 atom stereocenters. The molecule has 0 spiro atoms. The first kappa shape index (κ1) is 18.0. The van der Waals surface area contributed by atoms with Gasteiger partial charge in [0, 0.05) is 50.1 Å². The number of amides is 1. The molecule has 3 fully saturated rings.